The molecule has 0 aromatic rings. The highest BCUT2D eigenvalue weighted by Gasteiger charge is 2.17. The van der Waals surface area contributed by atoms with E-state index in [1.165, 1.54) is 0 Å². The monoisotopic (exact) mass is 212 g/mol. The molecular formula is C10H16N2O3. The molecule has 0 rings (SSSR count). The molecule has 0 heterocycles. The lowest BCUT2D eigenvalue weighted by atomic mass is 10.2. The Bertz CT molecular complexity index is 268. The lowest BCUT2D eigenvalue weighted by molar-refractivity contribution is -0.119. The van der Waals surface area contributed by atoms with Crippen molar-refractivity contribution in [3.8, 4) is 12.3 Å². The molecule has 5 nitrogen and oxygen atoms in total. The summed E-state index contributed by atoms with van der Waals surface area (Å²) in [4.78, 5) is 21.9. The largest absolute Gasteiger partial charge is 0.449 e. The first-order valence-electron chi connectivity index (χ1n) is 4.63. The fraction of sp³-hybridized carbons (Fsp3) is 0.600. The predicted molar refractivity (Wildman–Crippen MR) is 55.8 cm³/mol. The summed E-state index contributed by atoms with van der Waals surface area (Å²) in [6.45, 7) is 4.09. The highest BCUT2D eigenvalue weighted by atomic mass is 16.5. The molecule has 5 heteroatoms. The van der Waals surface area contributed by atoms with Crippen molar-refractivity contribution in [2.24, 2.45) is 11.7 Å². The van der Waals surface area contributed by atoms with Crippen molar-refractivity contribution in [3.05, 3.63) is 0 Å². The number of carbonyl (C=O) groups excluding carboxylic acids is 2. The third kappa shape index (κ3) is 6.38. The van der Waals surface area contributed by atoms with Crippen LogP contribution in [0.3, 0.4) is 0 Å². The van der Waals surface area contributed by atoms with Gasteiger partial charge in [-0.1, -0.05) is 13.8 Å². The molecule has 0 saturated carbocycles. The molecule has 2 amide bonds. The fourth-order valence-electron chi connectivity index (χ4n) is 0.767. The Morgan fingerprint density at radius 2 is 2.13 bits per heavy atom. The maximum absolute atomic E-state index is 11.1. The van der Waals surface area contributed by atoms with Gasteiger partial charge in [-0.15, -0.1) is 12.3 Å². The van der Waals surface area contributed by atoms with Crippen LogP contribution in [0.25, 0.3) is 0 Å². The summed E-state index contributed by atoms with van der Waals surface area (Å²) in [6, 6.07) is -0.866. The number of hydrogen-bond acceptors (Lipinski definition) is 3. The van der Waals surface area contributed by atoms with Crippen molar-refractivity contribution in [2.45, 2.75) is 26.3 Å². The maximum Gasteiger partial charge on any atom is 0.407 e. The molecular weight excluding hydrogens is 196 g/mol. The molecule has 84 valence electrons. The molecule has 3 N–H and O–H groups in total. The molecule has 0 aliphatic rings. The number of alkyl carbamates (subject to hydrolysis) is 1. The van der Waals surface area contributed by atoms with Crippen LogP contribution in [0.4, 0.5) is 4.79 Å². The van der Waals surface area contributed by atoms with E-state index in [-0.39, 0.29) is 18.9 Å². The summed E-state index contributed by atoms with van der Waals surface area (Å²) in [5.74, 6) is 1.81. The first-order chi connectivity index (χ1) is 6.97. The summed E-state index contributed by atoms with van der Waals surface area (Å²) in [5.41, 5.74) is 5.02. The maximum atomic E-state index is 11.1. The van der Waals surface area contributed by atoms with Gasteiger partial charge in [0, 0.05) is 6.42 Å². The fourth-order valence-corrected chi connectivity index (χ4v) is 0.767. The van der Waals surface area contributed by atoms with E-state index in [0.29, 0.717) is 0 Å². The minimum absolute atomic E-state index is 0.0616. The van der Waals surface area contributed by atoms with E-state index in [1.807, 2.05) is 13.8 Å². The highest BCUT2D eigenvalue weighted by Crippen LogP contribution is 1.95. The number of primary amides is 1. The standard InChI is InChI=1S/C10H16N2O3/c1-4-5-8(9(11)13)12-10(14)15-6-7(2)3/h1,7-8H,5-6H2,2-3H3,(H2,11,13)(H,12,14)/t8-/m0/s1. The Morgan fingerprint density at radius 1 is 1.53 bits per heavy atom. The smallest absolute Gasteiger partial charge is 0.407 e. The summed E-state index contributed by atoms with van der Waals surface area (Å²) in [7, 11) is 0. The van der Waals surface area contributed by atoms with Gasteiger partial charge in [-0.05, 0) is 5.92 Å². The summed E-state index contributed by atoms with van der Waals surface area (Å²) in [5, 5.41) is 2.29. The van der Waals surface area contributed by atoms with Gasteiger partial charge in [0.25, 0.3) is 0 Å². The first kappa shape index (κ1) is 13.3. The number of ether oxygens (including phenoxy) is 1. The Morgan fingerprint density at radius 3 is 2.53 bits per heavy atom. The molecule has 0 fully saturated rings. The van der Waals surface area contributed by atoms with Gasteiger partial charge < -0.3 is 15.8 Å². The second kappa shape index (κ2) is 6.71. The average molecular weight is 212 g/mol. The minimum atomic E-state index is -0.866. The van der Waals surface area contributed by atoms with Gasteiger partial charge in [0.05, 0.1) is 6.61 Å². The lowest BCUT2D eigenvalue weighted by Gasteiger charge is -2.13. The number of hydrogen-bond donors (Lipinski definition) is 2. The summed E-state index contributed by atoms with van der Waals surface area (Å²) >= 11 is 0. The molecule has 0 aromatic heterocycles. The van der Waals surface area contributed by atoms with Crippen LogP contribution < -0.4 is 11.1 Å². The van der Waals surface area contributed by atoms with Crippen LogP contribution in [0, 0.1) is 18.3 Å². The van der Waals surface area contributed by atoms with E-state index < -0.39 is 18.0 Å². The van der Waals surface area contributed by atoms with Gasteiger partial charge in [0.15, 0.2) is 0 Å². The minimum Gasteiger partial charge on any atom is -0.449 e. The Labute approximate surface area is 89.3 Å². The Balaban J connectivity index is 4.01. The zero-order valence-electron chi connectivity index (χ0n) is 8.95. The molecule has 0 aliphatic carbocycles. The molecule has 0 bridgehead atoms. The molecule has 15 heavy (non-hydrogen) atoms. The first-order valence-corrected chi connectivity index (χ1v) is 4.63. The van der Waals surface area contributed by atoms with Crippen LogP contribution in [0.2, 0.25) is 0 Å². The zero-order chi connectivity index (χ0) is 11.8. The van der Waals surface area contributed by atoms with Crippen molar-refractivity contribution >= 4 is 12.0 Å². The van der Waals surface area contributed by atoms with E-state index in [4.69, 9.17) is 16.9 Å². The number of carbonyl (C=O) groups is 2. The number of amides is 2. The van der Waals surface area contributed by atoms with Crippen molar-refractivity contribution < 1.29 is 14.3 Å². The number of terminal acetylenes is 1. The molecule has 0 radical (unpaired) electrons. The zero-order valence-corrected chi connectivity index (χ0v) is 8.95. The SMILES string of the molecule is C#CC[C@H](NC(=O)OCC(C)C)C(N)=O. The van der Waals surface area contributed by atoms with E-state index in [1.54, 1.807) is 0 Å². The van der Waals surface area contributed by atoms with Crippen LogP contribution >= 0.6 is 0 Å². The van der Waals surface area contributed by atoms with Gasteiger partial charge >= 0.3 is 6.09 Å². The van der Waals surface area contributed by atoms with E-state index >= 15 is 0 Å². The number of rotatable bonds is 5. The Hall–Kier alpha value is -1.70. The van der Waals surface area contributed by atoms with Gasteiger partial charge in [0.1, 0.15) is 6.04 Å². The van der Waals surface area contributed by atoms with Gasteiger partial charge in [-0.2, -0.15) is 0 Å². The third-order valence-corrected chi connectivity index (χ3v) is 1.51. The van der Waals surface area contributed by atoms with Crippen LogP contribution in [0.15, 0.2) is 0 Å². The van der Waals surface area contributed by atoms with Crippen LogP contribution in [-0.2, 0) is 9.53 Å². The molecule has 0 unspecified atom stereocenters. The normalized spacial score (nSPS) is 11.6. The molecule has 0 aliphatic heterocycles. The van der Waals surface area contributed by atoms with Crippen LogP contribution in [0.1, 0.15) is 20.3 Å². The molecule has 1 atom stereocenters. The second-order valence-electron chi connectivity index (χ2n) is 3.50. The average Bonchev–Trinajstić information content (AvgIpc) is 2.14. The van der Waals surface area contributed by atoms with Gasteiger partial charge in [-0.25, -0.2) is 4.79 Å². The highest BCUT2D eigenvalue weighted by molar-refractivity contribution is 5.84. The molecule has 0 saturated heterocycles. The second-order valence-corrected chi connectivity index (χ2v) is 3.50. The number of nitrogens with one attached hydrogen (secondary N) is 1. The Kier molecular flexibility index (Phi) is 5.95. The molecule has 0 aromatic carbocycles. The van der Waals surface area contributed by atoms with Crippen molar-refractivity contribution in [1.29, 1.82) is 0 Å². The summed E-state index contributed by atoms with van der Waals surface area (Å²) < 4.78 is 4.80. The number of nitrogens with two attached hydrogens (primary N) is 1. The predicted octanol–water partition coefficient (Wildman–Crippen LogP) is 0.246. The summed E-state index contributed by atoms with van der Waals surface area (Å²) in [6.07, 6.45) is 4.40. The van der Waals surface area contributed by atoms with Crippen molar-refractivity contribution in [2.75, 3.05) is 6.61 Å². The van der Waals surface area contributed by atoms with Crippen molar-refractivity contribution in [1.82, 2.24) is 5.32 Å². The van der Waals surface area contributed by atoms with Gasteiger partial charge in [-0.3, -0.25) is 4.79 Å². The van der Waals surface area contributed by atoms with Crippen LogP contribution in [-0.4, -0.2) is 24.6 Å². The van der Waals surface area contributed by atoms with Gasteiger partial charge in [0.2, 0.25) is 5.91 Å². The van der Waals surface area contributed by atoms with E-state index in [0.717, 1.165) is 0 Å². The van der Waals surface area contributed by atoms with E-state index in [2.05, 4.69) is 11.2 Å². The van der Waals surface area contributed by atoms with E-state index in [9.17, 15) is 9.59 Å². The third-order valence-electron chi connectivity index (χ3n) is 1.51. The topological polar surface area (TPSA) is 81.4 Å². The van der Waals surface area contributed by atoms with Crippen molar-refractivity contribution in [3.63, 3.8) is 0 Å². The van der Waals surface area contributed by atoms with Crippen LogP contribution in [0.5, 0.6) is 0 Å². The molecule has 0 spiro atoms. The quantitative estimate of drug-likeness (QED) is 0.641. The lowest BCUT2D eigenvalue weighted by Crippen LogP contribution is -2.44.